The van der Waals surface area contributed by atoms with Gasteiger partial charge in [-0.1, -0.05) is 48.5 Å². The number of aryl methyl sites for hydroxylation is 1. The van der Waals surface area contributed by atoms with Crippen LogP contribution in [0.2, 0.25) is 0 Å². The lowest BCUT2D eigenvalue weighted by Gasteiger charge is -2.12. The molecule has 0 saturated carbocycles. The Balaban J connectivity index is 1.38. The molecule has 7 heteroatoms. The third kappa shape index (κ3) is 4.50. The molecule has 1 aliphatic rings. The molecule has 0 bridgehead atoms. The standard InChI is InChI=1S/C28H23N3O3S/c1-18-14-22(19(2)31(18)24-13-12-20-8-6-7-9-21(20)15-24)16-25-27(33)30(28(34)35-25)17-26(32)29-23-10-4-3-5-11-23/h3-16H,17H2,1-2H3,(H,29,32)/b25-16-. The number of benzene rings is 3. The number of para-hydroxylation sites is 1. The highest BCUT2D eigenvalue weighted by molar-refractivity contribution is 8.18. The summed E-state index contributed by atoms with van der Waals surface area (Å²) in [5.74, 6) is -0.882. The van der Waals surface area contributed by atoms with Gasteiger partial charge in [-0.05, 0) is 78.4 Å². The Morgan fingerprint density at radius 2 is 1.63 bits per heavy atom. The van der Waals surface area contributed by atoms with Gasteiger partial charge in [-0.2, -0.15) is 0 Å². The normalized spacial score (nSPS) is 14.8. The van der Waals surface area contributed by atoms with Crippen LogP contribution in [0.25, 0.3) is 22.5 Å². The van der Waals surface area contributed by atoms with E-state index in [-0.39, 0.29) is 6.54 Å². The average Bonchev–Trinajstić information content (AvgIpc) is 3.28. The molecular weight excluding hydrogens is 458 g/mol. The summed E-state index contributed by atoms with van der Waals surface area (Å²) in [7, 11) is 0. The van der Waals surface area contributed by atoms with Gasteiger partial charge in [0.25, 0.3) is 11.1 Å². The Bertz CT molecular complexity index is 1500. The molecule has 2 heterocycles. The van der Waals surface area contributed by atoms with Crippen molar-refractivity contribution < 1.29 is 14.4 Å². The average molecular weight is 482 g/mol. The number of carbonyl (C=O) groups is 3. The zero-order chi connectivity index (χ0) is 24.5. The molecule has 1 fully saturated rings. The monoisotopic (exact) mass is 481 g/mol. The van der Waals surface area contributed by atoms with Crippen molar-refractivity contribution in [1.82, 2.24) is 9.47 Å². The zero-order valence-electron chi connectivity index (χ0n) is 19.3. The van der Waals surface area contributed by atoms with E-state index in [0.29, 0.717) is 10.6 Å². The number of nitrogens with one attached hydrogen (secondary N) is 1. The number of thioether (sulfide) groups is 1. The summed E-state index contributed by atoms with van der Waals surface area (Å²) in [6, 6.07) is 25.4. The number of hydrogen-bond donors (Lipinski definition) is 1. The van der Waals surface area contributed by atoms with Crippen LogP contribution in [0.5, 0.6) is 0 Å². The Kier molecular flexibility index (Phi) is 6.01. The fraction of sp³-hybridized carbons (Fsp3) is 0.107. The molecule has 1 aliphatic heterocycles. The smallest absolute Gasteiger partial charge is 0.294 e. The molecule has 0 atom stereocenters. The van der Waals surface area contributed by atoms with E-state index in [4.69, 9.17) is 0 Å². The minimum absolute atomic E-state index is 0.307. The van der Waals surface area contributed by atoms with Crippen LogP contribution in [0.3, 0.4) is 0 Å². The van der Waals surface area contributed by atoms with E-state index in [0.717, 1.165) is 44.7 Å². The van der Waals surface area contributed by atoms with Gasteiger partial charge in [-0.15, -0.1) is 0 Å². The van der Waals surface area contributed by atoms with Crippen molar-refractivity contribution in [2.24, 2.45) is 0 Å². The van der Waals surface area contributed by atoms with Crippen LogP contribution in [0.15, 0.2) is 83.8 Å². The topological polar surface area (TPSA) is 71.4 Å². The summed E-state index contributed by atoms with van der Waals surface area (Å²) < 4.78 is 2.13. The molecule has 0 aliphatic carbocycles. The first-order chi connectivity index (χ1) is 16.9. The van der Waals surface area contributed by atoms with Gasteiger partial charge >= 0.3 is 0 Å². The van der Waals surface area contributed by atoms with Crippen molar-refractivity contribution in [2.45, 2.75) is 13.8 Å². The third-order valence-corrected chi connectivity index (χ3v) is 6.89. The summed E-state index contributed by atoms with van der Waals surface area (Å²) in [6.45, 7) is 3.68. The number of imide groups is 1. The molecule has 35 heavy (non-hydrogen) atoms. The fourth-order valence-corrected chi connectivity index (χ4v) is 5.12. The third-order valence-electron chi connectivity index (χ3n) is 5.98. The second kappa shape index (κ2) is 9.27. The minimum atomic E-state index is -0.460. The Morgan fingerprint density at radius 3 is 2.40 bits per heavy atom. The van der Waals surface area contributed by atoms with Crippen LogP contribution in [0, 0.1) is 13.8 Å². The molecule has 1 aromatic heterocycles. The summed E-state index contributed by atoms with van der Waals surface area (Å²) in [6.07, 6.45) is 1.74. The van der Waals surface area contributed by atoms with Gasteiger partial charge in [-0.25, -0.2) is 0 Å². The first-order valence-corrected chi connectivity index (χ1v) is 12.0. The molecule has 1 saturated heterocycles. The largest absolute Gasteiger partial charge is 0.325 e. The molecular formula is C28H23N3O3S. The number of rotatable bonds is 5. The number of aromatic nitrogens is 1. The minimum Gasteiger partial charge on any atom is -0.325 e. The summed E-state index contributed by atoms with van der Waals surface area (Å²) >= 11 is 0.856. The fourth-order valence-electron chi connectivity index (χ4n) is 4.29. The number of hydrogen-bond acceptors (Lipinski definition) is 4. The van der Waals surface area contributed by atoms with E-state index in [1.54, 1.807) is 30.3 Å². The second-order valence-electron chi connectivity index (χ2n) is 8.38. The van der Waals surface area contributed by atoms with Gasteiger partial charge in [0.1, 0.15) is 6.54 Å². The van der Waals surface area contributed by atoms with Crippen molar-refractivity contribution >= 4 is 51.4 Å². The van der Waals surface area contributed by atoms with Crippen molar-refractivity contribution in [3.63, 3.8) is 0 Å². The number of anilines is 1. The SMILES string of the molecule is Cc1cc(/C=C2\SC(=O)N(CC(=O)Nc3ccccc3)C2=O)c(C)n1-c1ccc2ccccc2c1. The maximum absolute atomic E-state index is 13.0. The van der Waals surface area contributed by atoms with E-state index in [2.05, 4.69) is 40.2 Å². The van der Waals surface area contributed by atoms with Crippen LogP contribution >= 0.6 is 11.8 Å². The van der Waals surface area contributed by atoms with E-state index in [1.165, 1.54) is 5.39 Å². The molecule has 1 N–H and O–H groups in total. The van der Waals surface area contributed by atoms with Gasteiger partial charge in [0.15, 0.2) is 0 Å². The Morgan fingerprint density at radius 1 is 0.914 bits per heavy atom. The number of fused-ring (bicyclic) bond motifs is 1. The number of amides is 3. The number of carbonyl (C=O) groups excluding carboxylic acids is 3. The van der Waals surface area contributed by atoms with Crippen LogP contribution in [0.1, 0.15) is 17.0 Å². The highest BCUT2D eigenvalue weighted by Crippen LogP contribution is 2.34. The van der Waals surface area contributed by atoms with Gasteiger partial charge in [0.2, 0.25) is 5.91 Å². The quantitative estimate of drug-likeness (QED) is 0.359. The molecule has 174 valence electrons. The molecule has 3 amide bonds. The molecule has 4 aromatic rings. The van der Waals surface area contributed by atoms with Gasteiger partial charge < -0.3 is 9.88 Å². The van der Waals surface area contributed by atoms with Crippen LogP contribution in [0.4, 0.5) is 10.5 Å². The highest BCUT2D eigenvalue weighted by atomic mass is 32.2. The van der Waals surface area contributed by atoms with Crippen LogP contribution in [-0.2, 0) is 9.59 Å². The van der Waals surface area contributed by atoms with E-state index < -0.39 is 17.1 Å². The maximum Gasteiger partial charge on any atom is 0.294 e. The molecule has 5 rings (SSSR count). The second-order valence-corrected chi connectivity index (χ2v) is 9.37. The summed E-state index contributed by atoms with van der Waals surface area (Å²) in [5, 5.41) is 4.57. The van der Waals surface area contributed by atoms with E-state index >= 15 is 0 Å². The van der Waals surface area contributed by atoms with Crippen molar-refractivity contribution in [2.75, 3.05) is 11.9 Å². The lowest BCUT2D eigenvalue weighted by Crippen LogP contribution is -2.36. The lowest BCUT2D eigenvalue weighted by atomic mass is 10.1. The first kappa shape index (κ1) is 22.7. The summed E-state index contributed by atoms with van der Waals surface area (Å²) in [5.41, 5.74) is 4.48. The molecule has 0 spiro atoms. The van der Waals surface area contributed by atoms with Crippen molar-refractivity contribution in [1.29, 1.82) is 0 Å². The van der Waals surface area contributed by atoms with Gasteiger partial charge in [0.05, 0.1) is 4.91 Å². The molecule has 3 aromatic carbocycles. The Hall–Kier alpha value is -4.10. The van der Waals surface area contributed by atoms with E-state index in [9.17, 15) is 14.4 Å². The van der Waals surface area contributed by atoms with Crippen molar-refractivity contribution in [3.8, 4) is 5.69 Å². The number of nitrogens with zero attached hydrogens (tertiary/aromatic N) is 2. The van der Waals surface area contributed by atoms with Gasteiger partial charge in [0, 0.05) is 22.8 Å². The van der Waals surface area contributed by atoms with E-state index in [1.807, 2.05) is 38.1 Å². The van der Waals surface area contributed by atoms with Crippen LogP contribution in [-0.4, -0.2) is 33.1 Å². The lowest BCUT2D eigenvalue weighted by molar-refractivity contribution is -0.127. The Labute approximate surface area is 207 Å². The molecule has 0 unspecified atom stereocenters. The summed E-state index contributed by atoms with van der Waals surface area (Å²) in [4.78, 5) is 39.2. The predicted molar refractivity (Wildman–Crippen MR) is 140 cm³/mol. The molecule has 0 radical (unpaired) electrons. The highest BCUT2D eigenvalue weighted by Gasteiger charge is 2.36. The zero-order valence-corrected chi connectivity index (χ0v) is 20.1. The van der Waals surface area contributed by atoms with Crippen molar-refractivity contribution in [3.05, 3.63) is 101 Å². The first-order valence-electron chi connectivity index (χ1n) is 11.2. The molecule has 6 nitrogen and oxygen atoms in total. The predicted octanol–water partition coefficient (Wildman–Crippen LogP) is 5.92. The maximum atomic E-state index is 13.0. The van der Waals surface area contributed by atoms with Crippen LogP contribution < -0.4 is 5.32 Å². The van der Waals surface area contributed by atoms with Gasteiger partial charge in [-0.3, -0.25) is 19.3 Å².